The minimum Gasteiger partial charge on any atom is -0.469 e. The zero-order valence-corrected chi connectivity index (χ0v) is 11.4. The second kappa shape index (κ2) is 5.18. The molecule has 1 heterocycles. The quantitative estimate of drug-likeness (QED) is 0.830. The normalized spacial score (nSPS) is 10.5. The van der Waals surface area contributed by atoms with E-state index >= 15 is 0 Å². The molecule has 0 aliphatic carbocycles. The van der Waals surface area contributed by atoms with Crippen LogP contribution in [0.4, 0.5) is 11.4 Å². The van der Waals surface area contributed by atoms with Gasteiger partial charge < -0.3 is 15.5 Å². The highest BCUT2D eigenvalue weighted by atomic mass is 16.3. The van der Waals surface area contributed by atoms with Crippen molar-refractivity contribution < 1.29 is 9.21 Å². The van der Waals surface area contributed by atoms with E-state index in [9.17, 15) is 4.79 Å². The van der Waals surface area contributed by atoms with Gasteiger partial charge in [0.05, 0.1) is 11.8 Å². The molecular formula is C15H18N2O2. The van der Waals surface area contributed by atoms with E-state index in [0.717, 1.165) is 16.8 Å². The summed E-state index contributed by atoms with van der Waals surface area (Å²) in [6.45, 7) is 5.81. The van der Waals surface area contributed by atoms with Crippen molar-refractivity contribution in [3.63, 3.8) is 0 Å². The average molecular weight is 258 g/mol. The zero-order chi connectivity index (χ0) is 14.0. The molecule has 1 aromatic heterocycles. The first-order valence-corrected chi connectivity index (χ1v) is 6.27. The highest BCUT2D eigenvalue weighted by Gasteiger charge is 2.15. The molecule has 3 N–H and O–H groups in total. The van der Waals surface area contributed by atoms with Crippen LogP contribution in [-0.2, 0) is 6.42 Å². The van der Waals surface area contributed by atoms with Gasteiger partial charge in [-0.15, -0.1) is 0 Å². The zero-order valence-electron chi connectivity index (χ0n) is 11.4. The summed E-state index contributed by atoms with van der Waals surface area (Å²) < 4.78 is 5.27. The Labute approximate surface area is 112 Å². The molecule has 1 aromatic carbocycles. The number of hydrogen-bond acceptors (Lipinski definition) is 3. The predicted molar refractivity (Wildman–Crippen MR) is 76.4 cm³/mol. The van der Waals surface area contributed by atoms with E-state index in [2.05, 4.69) is 5.32 Å². The van der Waals surface area contributed by atoms with Crippen molar-refractivity contribution in [3.8, 4) is 0 Å². The van der Waals surface area contributed by atoms with Gasteiger partial charge in [-0.1, -0.05) is 6.92 Å². The van der Waals surface area contributed by atoms with E-state index in [-0.39, 0.29) is 5.91 Å². The molecule has 0 saturated carbocycles. The maximum atomic E-state index is 12.2. The first-order chi connectivity index (χ1) is 9.02. The van der Waals surface area contributed by atoms with Crippen molar-refractivity contribution in [2.24, 2.45) is 0 Å². The van der Waals surface area contributed by atoms with Gasteiger partial charge in [-0.05, 0) is 43.2 Å². The van der Waals surface area contributed by atoms with Gasteiger partial charge in [0, 0.05) is 17.8 Å². The molecule has 0 aliphatic rings. The Kier molecular flexibility index (Phi) is 3.60. The summed E-state index contributed by atoms with van der Waals surface area (Å²) in [5.41, 5.74) is 9.76. The Morgan fingerprint density at radius 2 is 1.95 bits per heavy atom. The molecule has 0 fully saturated rings. The lowest BCUT2D eigenvalue weighted by Gasteiger charge is -2.12. The fraction of sp³-hybridized carbons (Fsp3) is 0.267. The first-order valence-electron chi connectivity index (χ1n) is 6.27. The molecule has 4 heteroatoms. The van der Waals surface area contributed by atoms with Crippen LogP contribution in [0, 0.1) is 13.8 Å². The van der Waals surface area contributed by atoms with E-state index in [0.29, 0.717) is 23.4 Å². The van der Waals surface area contributed by atoms with Gasteiger partial charge in [0.15, 0.2) is 0 Å². The highest BCUT2D eigenvalue weighted by molar-refractivity contribution is 6.05. The van der Waals surface area contributed by atoms with E-state index in [1.165, 1.54) is 6.26 Å². The van der Waals surface area contributed by atoms with Crippen LogP contribution >= 0.6 is 0 Å². The Balaban J connectivity index is 2.29. The molecule has 19 heavy (non-hydrogen) atoms. The number of carbonyl (C=O) groups is 1. The number of aryl methyl sites for hydroxylation is 3. The number of furan rings is 1. The SMILES string of the molecule is CCc1occc1C(=O)Nc1c(C)cc(N)cc1C. The van der Waals surface area contributed by atoms with E-state index in [1.807, 2.05) is 32.9 Å². The van der Waals surface area contributed by atoms with Gasteiger partial charge in [-0.3, -0.25) is 4.79 Å². The Hall–Kier alpha value is -2.23. The van der Waals surface area contributed by atoms with Crippen LogP contribution in [0.5, 0.6) is 0 Å². The lowest BCUT2D eigenvalue weighted by atomic mass is 10.1. The third-order valence-corrected chi connectivity index (χ3v) is 3.10. The summed E-state index contributed by atoms with van der Waals surface area (Å²) in [5, 5.41) is 2.93. The molecule has 1 amide bonds. The van der Waals surface area contributed by atoms with Gasteiger partial charge in [-0.2, -0.15) is 0 Å². The summed E-state index contributed by atoms with van der Waals surface area (Å²) in [6, 6.07) is 5.38. The third-order valence-electron chi connectivity index (χ3n) is 3.10. The number of benzene rings is 1. The van der Waals surface area contributed by atoms with Crippen LogP contribution < -0.4 is 11.1 Å². The molecule has 0 unspecified atom stereocenters. The van der Waals surface area contributed by atoms with E-state index in [1.54, 1.807) is 6.07 Å². The summed E-state index contributed by atoms with van der Waals surface area (Å²) in [7, 11) is 0. The maximum absolute atomic E-state index is 12.2. The second-order valence-electron chi connectivity index (χ2n) is 4.59. The monoisotopic (exact) mass is 258 g/mol. The van der Waals surface area contributed by atoms with Crippen molar-refractivity contribution in [1.82, 2.24) is 0 Å². The Morgan fingerprint density at radius 1 is 1.32 bits per heavy atom. The number of nitrogens with one attached hydrogen (secondary N) is 1. The van der Waals surface area contributed by atoms with E-state index in [4.69, 9.17) is 10.2 Å². The van der Waals surface area contributed by atoms with Crippen molar-refractivity contribution in [1.29, 1.82) is 0 Å². The molecular weight excluding hydrogens is 240 g/mol. The molecule has 2 aromatic rings. The summed E-state index contributed by atoms with van der Waals surface area (Å²) in [5.74, 6) is 0.546. The van der Waals surface area contributed by atoms with Crippen molar-refractivity contribution in [2.45, 2.75) is 27.2 Å². The Morgan fingerprint density at radius 3 is 2.53 bits per heavy atom. The van der Waals surface area contributed by atoms with E-state index < -0.39 is 0 Å². The van der Waals surface area contributed by atoms with Gasteiger partial charge in [-0.25, -0.2) is 0 Å². The average Bonchev–Trinajstić information content (AvgIpc) is 2.81. The number of amides is 1. The number of rotatable bonds is 3. The molecule has 0 atom stereocenters. The number of anilines is 2. The molecule has 0 saturated heterocycles. The maximum Gasteiger partial charge on any atom is 0.259 e. The molecule has 0 radical (unpaired) electrons. The van der Waals surface area contributed by atoms with Crippen LogP contribution in [0.1, 0.15) is 34.2 Å². The van der Waals surface area contributed by atoms with Crippen LogP contribution in [0.15, 0.2) is 28.9 Å². The predicted octanol–water partition coefficient (Wildman–Crippen LogP) is 3.29. The minimum atomic E-state index is -0.151. The minimum absolute atomic E-state index is 0.151. The largest absolute Gasteiger partial charge is 0.469 e. The van der Waals surface area contributed by atoms with Crippen molar-refractivity contribution in [3.05, 3.63) is 46.9 Å². The summed E-state index contributed by atoms with van der Waals surface area (Å²) in [4.78, 5) is 12.2. The van der Waals surface area contributed by atoms with Gasteiger partial charge >= 0.3 is 0 Å². The van der Waals surface area contributed by atoms with Gasteiger partial charge in [0.1, 0.15) is 5.76 Å². The Bertz CT molecular complexity index is 591. The topological polar surface area (TPSA) is 68.3 Å². The van der Waals surface area contributed by atoms with Gasteiger partial charge in [0.25, 0.3) is 5.91 Å². The molecule has 100 valence electrons. The van der Waals surface area contributed by atoms with Crippen molar-refractivity contribution in [2.75, 3.05) is 11.1 Å². The van der Waals surface area contributed by atoms with Gasteiger partial charge in [0.2, 0.25) is 0 Å². The lowest BCUT2D eigenvalue weighted by molar-refractivity contribution is 0.102. The van der Waals surface area contributed by atoms with Crippen LogP contribution in [-0.4, -0.2) is 5.91 Å². The molecule has 0 aliphatic heterocycles. The first kappa shape index (κ1) is 13.2. The fourth-order valence-corrected chi connectivity index (χ4v) is 2.19. The van der Waals surface area contributed by atoms with Crippen molar-refractivity contribution >= 4 is 17.3 Å². The standard InChI is InChI=1S/C15H18N2O2/c1-4-13-12(5-6-19-13)15(18)17-14-9(2)7-11(16)8-10(14)3/h5-8H,4,16H2,1-3H3,(H,17,18). The summed E-state index contributed by atoms with van der Waals surface area (Å²) >= 11 is 0. The third kappa shape index (κ3) is 2.62. The fourth-order valence-electron chi connectivity index (χ4n) is 2.19. The van der Waals surface area contributed by atoms with Crippen LogP contribution in [0.3, 0.4) is 0 Å². The molecule has 0 spiro atoms. The highest BCUT2D eigenvalue weighted by Crippen LogP contribution is 2.24. The molecule has 4 nitrogen and oxygen atoms in total. The molecule has 2 rings (SSSR count). The second-order valence-corrected chi connectivity index (χ2v) is 4.59. The number of carbonyl (C=O) groups excluding carboxylic acids is 1. The van der Waals surface area contributed by atoms with Crippen LogP contribution in [0.25, 0.3) is 0 Å². The van der Waals surface area contributed by atoms with Crippen LogP contribution in [0.2, 0.25) is 0 Å². The molecule has 0 bridgehead atoms. The number of nitrogens with two attached hydrogens (primary N) is 1. The smallest absolute Gasteiger partial charge is 0.259 e. The summed E-state index contributed by atoms with van der Waals surface area (Å²) in [6.07, 6.45) is 2.23. The number of nitrogen functional groups attached to an aromatic ring is 1. The lowest BCUT2D eigenvalue weighted by Crippen LogP contribution is -2.14. The number of hydrogen-bond donors (Lipinski definition) is 2.